The lowest BCUT2D eigenvalue weighted by atomic mass is 10.6. The fourth-order valence-electron chi connectivity index (χ4n) is 0.733. The van der Waals surface area contributed by atoms with Crippen molar-refractivity contribution in [2.75, 3.05) is 21.3 Å². The molecule has 0 aliphatic carbocycles. The van der Waals surface area contributed by atoms with E-state index in [1.54, 1.807) is 21.3 Å². The summed E-state index contributed by atoms with van der Waals surface area (Å²) in [5.41, 5.74) is 0. The third-order valence-corrected chi connectivity index (χ3v) is 4.15. The Bertz CT molecular complexity index is 74.8. The standard InChI is InChI=1S/C6H14O3Si/c1-5-6-10(7-2,8-3)9-4/h1H,5-6H2,2-4H3. The first-order valence-electron chi connectivity index (χ1n) is 3.10. The van der Waals surface area contributed by atoms with Gasteiger partial charge in [-0.2, -0.15) is 0 Å². The second kappa shape index (κ2) is 4.84. The van der Waals surface area contributed by atoms with Gasteiger partial charge in [-0.1, -0.05) is 0 Å². The topological polar surface area (TPSA) is 27.7 Å². The molecule has 0 heterocycles. The smallest absolute Gasteiger partial charge is 0.377 e. The Morgan fingerprint density at radius 2 is 1.50 bits per heavy atom. The lowest BCUT2D eigenvalue weighted by Gasteiger charge is -2.23. The van der Waals surface area contributed by atoms with Crippen molar-refractivity contribution < 1.29 is 13.3 Å². The molecule has 0 bridgehead atoms. The van der Waals surface area contributed by atoms with E-state index in [0.717, 1.165) is 0 Å². The molecule has 0 saturated carbocycles. The van der Waals surface area contributed by atoms with E-state index in [-0.39, 0.29) is 0 Å². The van der Waals surface area contributed by atoms with Crippen LogP contribution in [-0.4, -0.2) is 30.1 Å². The van der Waals surface area contributed by atoms with Gasteiger partial charge < -0.3 is 13.3 Å². The van der Waals surface area contributed by atoms with Crippen LogP contribution >= 0.6 is 0 Å². The van der Waals surface area contributed by atoms with Crippen molar-refractivity contribution in [3.63, 3.8) is 0 Å². The van der Waals surface area contributed by atoms with Crippen molar-refractivity contribution >= 4 is 8.80 Å². The van der Waals surface area contributed by atoms with E-state index >= 15 is 0 Å². The van der Waals surface area contributed by atoms with Gasteiger partial charge in [-0.25, -0.2) is 0 Å². The van der Waals surface area contributed by atoms with Crippen LogP contribution in [0.2, 0.25) is 6.04 Å². The predicted octanol–water partition coefficient (Wildman–Crippen LogP) is 0.966. The first-order chi connectivity index (χ1) is 4.74. The van der Waals surface area contributed by atoms with E-state index in [4.69, 9.17) is 20.2 Å². The van der Waals surface area contributed by atoms with Crippen molar-refractivity contribution in [2.24, 2.45) is 0 Å². The Kier molecular flexibility index (Phi) is 4.89. The van der Waals surface area contributed by atoms with Gasteiger partial charge in [0.2, 0.25) is 0 Å². The fourth-order valence-corrected chi connectivity index (χ4v) is 2.20. The van der Waals surface area contributed by atoms with Crippen LogP contribution in [0.1, 0.15) is 6.42 Å². The molecule has 0 amide bonds. The van der Waals surface area contributed by atoms with Crippen LogP contribution in [0.3, 0.4) is 0 Å². The molecule has 0 atom stereocenters. The van der Waals surface area contributed by atoms with Gasteiger partial charge in [0, 0.05) is 27.4 Å². The minimum absolute atomic E-state index is 0.530. The highest BCUT2D eigenvalue weighted by molar-refractivity contribution is 6.60. The molecule has 3 nitrogen and oxygen atoms in total. The van der Waals surface area contributed by atoms with Crippen molar-refractivity contribution in [2.45, 2.75) is 12.5 Å². The van der Waals surface area contributed by atoms with Gasteiger partial charge in [-0.05, 0) is 13.3 Å². The molecule has 2 radical (unpaired) electrons. The van der Waals surface area contributed by atoms with E-state index in [2.05, 4.69) is 0 Å². The Balaban J connectivity index is 3.87. The normalized spacial score (nSPS) is 12.0. The minimum atomic E-state index is -2.34. The van der Waals surface area contributed by atoms with Gasteiger partial charge in [-0.3, -0.25) is 0 Å². The fraction of sp³-hybridized carbons (Fsp3) is 0.833. The van der Waals surface area contributed by atoms with E-state index in [1.165, 1.54) is 0 Å². The van der Waals surface area contributed by atoms with Gasteiger partial charge >= 0.3 is 8.80 Å². The Morgan fingerprint density at radius 3 is 1.60 bits per heavy atom. The van der Waals surface area contributed by atoms with Gasteiger partial charge in [0.15, 0.2) is 0 Å². The Morgan fingerprint density at radius 1 is 1.10 bits per heavy atom. The van der Waals surface area contributed by atoms with Crippen LogP contribution in [-0.2, 0) is 13.3 Å². The van der Waals surface area contributed by atoms with Gasteiger partial charge in [-0.15, -0.1) is 0 Å². The van der Waals surface area contributed by atoms with Crippen molar-refractivity contribution in [3.05, 3.63) is 6.92 Å². The van der Waals surface area contributed by atoms with Crippen LogP contribution in [0.25, 0.3) is 0 Å². The number of rotatable bonds is 5. The van der Waals surface area contributed by atoms with Gasteiger partial charge in [0.25, 0.3) is 0 Å². The molecule has 4 heteroatoms. The Hall–Kier alpha value is 0.0969. The summed E-state index contributed by atoms with van der Waals surface area (Å²) in [4.78, 5) is 0. The molecule has 60 valence electrons. The molecule has 0 aliphatic rings. The van der Waals surface area contributed by atoms with E-state index in [1.807, 2.05) is 0 Å². The average Bonchev–Trinajstić information content (AvgIpc) is 2.01. The van der Waals surface area contributed by atoms with E-state index in [0.29, 0.717) is 12.5 Å². The maximum atomic E-state index is 5.34. The lowest BCUT2D eigenvalue weighted by Crippen LogP contribution is -2.42. The summed E-state index contributed by atoms with van der Waals surface area (Å²) in [6.45, 7) is 5.34. The quantitative estimate of drug-likeness (QED) is 0.564. The Labute approximate surface area is 63.7 Å². The molecule has 0 aliphatic heterocycles. The van der Waals surface area contributed by atoms with Gasteiger partial charge in [0.05, 0.1) is 0 Å². The summed E-state index contributed by atoms with van der Waals surface area (Å²) in [5.74, 6) is 0. The van der Waals surface area contributed by atoms with E-state index < -0.39 is 8.80 Å². The molecule has 0 aromatic heterocycles. The summed E-state index contributed by atoms with van der Waals surface area (Å²) >= 11 is 0. The zero-order valence-electron chi connectivity index (χ0n) is 6.72. The second-order valence-electron chi connectivity index (χ2n) is 1.83. The lowest BCUT2D eigenvalue weighted by molar-refractivity contribution is 0.124. The summed E-state index contributed by atoms with van der Waals surface area (Å²) < 4.78 is 15.3. The molecule has 10 heavy (non-hydrogen) atoms. The minimum Gasteiger partial charge on any atom is -0.377 e. The van der Waals surface area contributed by atoms with Gasteiger partial charge in [0.1, 0.15) is 0 Å². The summed E-state index contributed by atoms with van der Waals surface area (Å²) in [6, 6.07) is 0.663. The maximum Gasteiger partial charge on any atom is 0.500 e. The van der Waals surface area contributed by atoms with Crippen molar-refractivity contribution in [1.29, 1.82) is 0 Å². The molecule has 0 aromatic rings. The molecule has 0 N–H and O–H groups in total. The average molecular weight is 162 g/mol. The number of hydrogen-bond donors (Lipinski definition) is 0. The molecule has 0 fully saturated rings. The van der Waals surface area contributed by atoms with Crippen LogP contribution in [0.4, 0.5) is 0 Å². The number of hydrogen-bond acceptors (Lipinski definition) is 3. The maximum absolute atomic E-state index is 5.34. The molecule has 0 spiro atoms. The molecule has 0 aromatic carbocycles. The third kappa shape index (κ3) is 2.38. The summed E-state index contributed by atoms with van der Waals surface area (Å²) in [6.07, 6.45) is 0.530. The SMILES string of the molecule is [CH]CC[Si](OC)(OC)OC. The van der Waals surface area contributed by atoms with E-state index in [9.17, 15) is 0 Å². The van der Waals surface area contributed by atoms with Crippen LogP contribution in [0, 0.1) is 6.92 Å². The summed E-state index contributed by atoms with van der Waals surface area (Å²) in [5, 5.41) is 0. The van der Waals surface area contributed by atoms with Crippen molar-refractivity contribution in [3.8, 4) is 0 Å². The predicted molar refractivity (Wildman–Crippen MR) is 40.5 cm³/mol. The zero-order valence-corrected chi connectivity index (χ0v) is 7.72. The molecule has 0 rings (SSSR count). The van der Waals surface area contributed by atoms with Crippen LogP contribution in [0.5, 0.6) is 0 Å². The first kappa shape index (κ1) is 10.1. The van der Waals surface area contributed by atoms with Crippen molar-refractivity contribution in [1.82, 2.24) is 0 Å². The molecule has 0 saturated heterocycles. The second-order valence-corrected chi connectivity index (χ2v) is 4.92. The first-order valence-corrected chi connectivity index (χ1v) is 5.03. The molecular formula is C6H14O3Si. The molecular weight excluding hydrogens is 148 g/mol. The molecule has 0 unspecified atom stereocenters. The third-order valence-electron chi connectivity index (χ3n) is 1.38. The summed E-state index contributed by atoms with van der Waals surface area (Å²) in [7, 11) is 2.39. The highest BCUT2D eigenvalue weighted by Gasteiger charge is 2.36. The zero-order chi connectivity index (χ0) is 8.04. The largest absolute Gasteiger partial charge is 0.500 e. The highest BCUT2D eigenvalue weighted by Crippen LogP contribution is 2.13. The monoisotopic (exact) mass is 162 g/mol. The van der Waals surface area contributed by atoms with Crippen LogP contribution < -0.4 is 0 Å². The highest BCUT2D eigenvalue weighted by atomic mass is 28.4. The van der Waals surface area contributed by atoms with Crippen LogP contribution in [0.15, 0.2) is 0 Å².